The Labute approximate surface area is 196 Å². The van der Waals surface area contributed by atoms with Crippen molar-refractivity contribution in [3.05, 3.63) is 95.1 Å². The molecule has 0 saturated carbocycles. The number of hydrogen-bond donors (Lipinski definition) is 1. The second-order valence-electron chi connectivity index (χ2n) is 7.58. The highest BCUT2D eigenvalue weighted by Crippen LogP contribution is 2.37. The fourth-order valence-corrected chi connectivity index (χ4v) is 3.84. The van der Waals surface area contributed by atoms with E-state index in [0.29, 0.717) is 11.1 Å². The van der Waals surface area contributed by atoms with Crippen molar-refractivity contribution >= 4 is 23.7 Å². The first-order valence-electron chi connectivity index (χ1n) is 10.6. The lowest BCUT2D eigenvalue weighted by Crippen LogP contribution is -2.37. The number of ether oxygens (including phenoxy) is 2. The van der Waals surface area contributed by atoms with Gasteiger partial charge in [0.05, 0.1) is 36.3 Å². The molecule has 1 unspecified atom stereocenters. The zero-order valence-corrected chi connectivity index (χ0v) is 18.6. The van der Waals surface area contributed by atoms with Crippen LogP contribution in [0.2, 0.25) is 0 Å². The van der Waals surface area contributed by atoms with E-state index in [1.54, 1.807) is 66.7 Å². The molecule has 1 atom stereocenters. The largest absolute Gasteiger partial charge is 0.493 e. The van der Waals surface area contributed by atoms with Crippen LogP contribution in [-0.4, -0.2) is 42.7 Å². The van der Waals surface area contributed by atoms with Crippen LogP contribution in [0.4, 0.5) is 0 Å². The summed E-state index contributed by atoms with van der Waals surface area (Å²) in [5.41, 5.74) is 1.43. The molecule has 8 heteroatoms. The maximum atomic E-state index is 13.1. The van der Waals surface area contributed by atoms with Gasteiger partial charge in [0.15, 0.2) is 11.5 Å². The van der Waals surface area contributed by atoms with Gasteiger partial charge in [0.25, 0.3) is 11.8 Å². The lowest BCUT2D eigenvalue weighted by Gasteiger charge is -2.26. The molecule has 172 valence electrons. The van der Waals surface area contributed by atoms with E-state index in [4.69, 9.17) is 9.47 Å². The monoisotopic (exact) mass is 458 g/mol. The number of amides is 3. The van der Waals surface area contributed by atoms with E-state index >= 15 is 0 Å². The van der Waals surface area contributed by atoms with Crippen LogP contribution in [0.15, 0.2) is 72.8 Å². The van der Waals surface area contributed by atoms with Crippen molar-refractivity contribution in [3.8, 4) is 11.5 Å². The van der Waals surface area contributed by atoms with E-state index in [1.165, 1.54) is 20.2 Å². The number of nitrogens with zero attached hydrogens (tertiary/aromatic N) is 1. The summed E-state index contributed by atoms with van der Waals surface area (Å²) in [4.78, 5) is 52.0. The van der Waals surface area contributed by atoms with Crippen LogP contribution in [0.25, 0.3) is 0 Å². The van der Waals surface area contributed by atoms with Gasteiger partial charge in [-0.25, -0.2) is 4.79 Å². The molecule has 8 nitrogen and oxygen atoms in total. The van der Waals surface area contributed by atoms with Crippen LogP contribution < -0.4 is 14.8 Å². The molecule has 3 amide bonds. The van der Waals surface area contributed by atoms with Crippen LogP contribution in [-0.2, 0) is 4.79 Å². The molecular formula is C26H22N2O6. The van der Waals surface area contributed by atoms with Gasteiger partial charge in [0.1, 0.15) is 0 Å². The Morgan fingerprint density at radius 3 is 2.09 bits per heavy atom. The summed E-state index contributed by atoms with van der Waals surface area (Å²) in [6.45, 7) is 0. The third kappa shape index (κ3) is 4.25. The van der Waals surface area contributed by atoms with Crippen LogP contribution in [0, 0.1) is 0 Å². The molecule has 0 bridgehead atoms. The molecule has 34 heavy (non-hydrogen) atoms. The molecule has 0 fully saturated rings. The Bertz CT molecular complexity index is 1240. The standard InChI is InChI=1S/C26H22N2O6/c1-27-23(29)15-20(28-24(30)18-10-6-7-11-19(18)25(28)31)17-12-13-21(22(14-17)33-2)34-26(32)16-8-4-3-5-9-16/h3-14,20H,15H2,1-2H3,(H,27,29). The Morgan fingerprint density at radius 2 is 1.50 bits per heavy atom. The van der Waals surface area contributed by atoms with Gasteiger partial charge < -0.3 is 14.8 Å². The third-order valence-corrected chi connectivity index (χ3v) is 5.58. The fourth-order valence-electron chi connectivity index (χ4n) is 3.84. The van der Waals surface area contributed by atoms with Gasteiger partial charge in [-0.05, 0) is 42.0 Å². The van der Waals surface area contributed by atoms with Gasteiger partial charge in [-0.2, -0.15) is 0 Å². The summed E-state index contributed by atoms with van der Waals surface area (Å²) in [5, 5.41) is 2.53. The molecule has 0 spiro atoms. The van der Waals surface area contributed by atoms with Crippen LogP contribution >= 0.6 is 0 Å². The molecule has 1 heterocycles. The number of imide groups is 1. The molecule has 1 N–H and O–H groups in total. The Hall–Kier alpha value is -4.46. The molecule has 0 aliphatic carbocycles. The number of nitrogens with one attached hydrogen (secondary N) is 1. The minimum absolute atomic E-state index is 0.145. The van der Waals surface area contributed by atoms with E-state index < -0.39 is 23.8 Å². The highest BCUT2D eigenvalue weighted by atomic mass is 16.6. The average molecular weight is 458 g/mol. The van der Waals surface area contributed by atoms with Crippen molar-refractivity contribution < 1.29 is 28.7 Å². The first-order chi connectivity index (χ1) is 16.4. The molecule has 1 aliphatic heterocycles. The summed E-state index contributed by atoms with van der Waals surface area (Å²) in [6, 6.07) is 18.8. The van der Waals surface area contributed by atoms with Gasteiger partial charge in [0, 0.05) is 7.05 Å². The zero-order chi connectivity index (χ0) is 24.2. The van der Waals surface area contributed by atoms with Crippen LogP contribution in [0.3, 0.4) is 0 Å². The number of methoxy groups -OCH3 is 1. The second-order valence-corrected chi connectivity index (χ2v) is 7.58. The van der Waals surface area contributed by atoms with Crippen molar-refractivity contribution in [1.29, 1.82) is 0 Å². The number of rotatable bonds is 7. The van der Waals surface area contributed by atoms with Gasteiger partial charge in [-0.3, -0.25) is 19.3 Å². The van der Waals surface area contributed by atoms with Crippen LogP contribution in [0.1, 0.15) is 49.1 Å². The lowest BCUT2D eigenvalue weighted by atomic mass is 10.0. The molecule has 3 aromatic rings. The second kappa shape index (κ2) is 9.58. The Balaban J connectivity index is 1.69. The predicted molar refractivity (Wildman–Crippen MR) is 123 cm³/mol. The number of esters is 1. The van der Waals surface area contributed by atoms with E-state index in [9.17, 15) is 19.2 Å². The summed E-state index contributed by atoms with van der Waals surface area (Å²) >= 11 is 0. The maximum Gasteiger partial charge on any atom is 0.343 e. The quantitative estimate of drug-likeness (QED) is 0.331. The normalized spacial score (nSPS) is 13.3. The Morgan fingerprint density at radius 1 is 0.882 bits per heavy atom. The molecular weight excluding hydrogens is 436 g/mol. The van der Waals surface area contributed by atoms with E-state index in [1.807, 2.05) is 0 Å². The fraction of sp³-hybridized carbons (Fsp3) is 0.154. The van der Waals surface area contributed by atoms with E-state index in [2.05, 4.69) is 5.32 Å². The lowest BCUT2D eigenvalue weighted by molar-refractivity contribution is -0.121. The molecule has 0 radical (unpaired) electrons. The summed E-state index contributed by atoms with van der Waals surface area (Å²) in [5.74, 6) is -1.48. The smallest absolute Gasteiger partial charge is 0.343 e. The summed E-state index contributed by atoms with van der Waals surface area (Å²) < 4.78 is 10.9. The minimum Gasteiger partial charge on any atom is -0.493 e. The summed E-state index contributed by atoms with van der Waals surface area (Å²) in [6.07, 6.45) is -0.145. The van der Waals surface area contributed by atoms with Gasteiger partial charge in [-0.1, -0.05) is 36.4 Å². The first-order valence-corrected chi connectivity index (χ1v) is 10.6. The number of fused-ring (bicyclic) bond motifs is 1. The Kier molecular flexibility index (Phi) is 6.40. The molecule has 0 saturated heterocycles. The average Bonchev–Trinajstić information content (AvgIpc) is 3.13. The van der Waals surface area contributed by atoms with Crippen molar-refractivity contribution in [3.63, 3.8) is 0 Å². The van der Waals surface area contributed by atoms with Crippen LogP contribution in [0.5, 0.6) is 11.5 Å². The predicted octanol–water partition coefficient (Wildman–Crippen LogP) is 3.39. The number of hydrogen-bond acceptors (Lipinski definition) is 6. The topological polar surface area (TPSA) is 102 Å². The van der Waals surface area contributed by atoms with Crippen molar-refractivity contribution in [2.75, 3.05) is 14.2 Å². The van der Waals surface area contributed by atoms with Crippen molar-refractivity contribution in [2.24, 2.45) is 0 Å². The van der Waals surface area contributed by atoms with Crippen molar-refractivity contribution in [1.82, 2.24) is 10.2 Å². The number of carbonyl (C=O) groups excluding carboxylic acids is 4. The van der Waals surface area contributed by atoms with Gasteiger partial charge >= 0.3 is 5.97 Å². The number of benzene rings is 3. The zero-order valence-electron chi connectivity index (χ0n) is 18.6. The van der Waals surface area contributed by atoms with Crippen molar-refractivity contribution in [2.45, 2.75) is 12.5 Å². The minimum atomic E-state index is -0.889. The SMILES string of the molecule is CNC(=O)CC(c1ccc(OC(=O)c2ccccc2)c(OC)c1)N1C(=O)c2ccccc2C1=O. The highest BCUT2D eigenvalue weighted by Gasteiger charge is 2.41. The molecule has 4 rings (SSSR count). The molecule has 3 aromatic carbocycles. The maximum absolute atomic E-state index is 13.1. The number of carbonyl (C=O) groups is 4. The van der Waals surface area contributed by atoms with Gasteiger partial charge in [-0.15, -0.1) is 0 Å². The van der Waals surface area contributed by atoms with E-state index in [-0.39, 0.29) is 35.0 Å². The highest BCUT2D eigenvalue weighted by molar-refractivity contribution is 6.21. The van der Waals surface area contributed by atoms with E-state index in [0.717, 1.165) is 4.90 Å². The third-order valence-electron chi connectivity index (χ3n) is 5.58. The molecule has 1 aliphatic rings. The first kappa shape index (κ1) is 22.7. The van der Waals surface area contributed by atoms with Gasteiger partial charge in [0.2, 0.25) is 5.91 Å². The molecule has 0 aromatic heterocycles. The summed E-state index contributed by atoms with van der Waals surface area (Å²) in [7, 11) is 2.89.